The number of carbonyl (C=O) groups is 2. The molecule has 0 atom stereocenters. The minimum Gasteiger partial charge on any atom is -0.363 e. The van der Waals surface area contributed by atoms with Gasteiger partial charge in [-0.3, -0.25) is 14.5 Å². The summed E-state index contributed by atoms with van der Waals surface area (Å²) >= 11 is 0. The molecule has 7 nitrogen and oxygen atoms in total. The molecule has 174 valence electrons. The highest BCUT2D eigenvalue weighted by Crippen LogP contribution is 2.33. The molecule has 2 amide bonds. The first-order valence-corrected chi connectivity index (χ1v) is 12.0. The molecule has 33 heavy (non-hydrogen) atoms. The van der Waals surface area contributed by atoms with E-state index in [0.717, 1.165) is 36.8 Å². The first-order valence-electron chi connectivity index (χ1n) is 12.0. The quantitative estimate of drug-likeness (QED) is 0.455. The van der Waals surface area contributed by atoms with Crippen molar-refractivity contribution in [1.82, 2.24) is 19.8 Å². The van der Waals surface area contributed by atoms with E-state index in [1.165, 1.54) is 10.5 Å². The Bertz CT molecular complexity index is 1040. The highest BCUT2D eigenvalue weighted by atomic mass is 16.2. The Kier molecular flexibility index (Phi) is 7.06. The SMILES string of the molecule is CCCCCCN1C(=O)C(c2ccc(C)c(C)c2)=C(N2CCN(c3ncccn3)CC2)C1=O. The molecule has 1 saturated heterocycles. The lowest BCUT2D eigenvalue weighted by Crippen LogP contribution is -2.48. The number of hydrogen-bond acceptors (Lipinski definition) is 6. The van der Waals surface area contributed by atoms with Crippen LogP contribution in [-0.4, -0.2) is 64.3 Å². The summed E-state index contributed by atoms with van der Waals surface area (Å²) in [6.07, 6.45) is 7.59. The molecule has 3 heterocycles. The Morgan fingerprint density at radius 1 is 0.848 bits per heavy atom. The minimum atomic E-state index is -0.163. The number of carbonyl (C=O) groups excluding carboxylic acids is 2. The predicted molar refractivity (Wildman–Crippen MR) is 130 cm³/mol. The molecule has 0 saturated carbocycles. The summed E-state index contributed by atoms with van der Waals surface area (Å²) in [7, 11) is 0. The van der Waals surface area contributed by atoms with Gasteiger partial charge >= 0.3 is 0 Å². The van der Waals surface area contributed by atoms with Crippen molar-refractivity contribution in [3.05, 3.63) is 59.0 Å². The molecule has 0 bridgehead atoms. The van der Waals surface area contributed by atoms with Gasteiger partial charge in [0.05, 0.1) is 5.57 Å². The number of nitrogens with zero attached hydrogens (tertiary/aromatic N) is 5. The minimum absolute atomic E-state index is 0.158. The van der Waals surface area contributed by atoms with Gasteiger partial charge in [-0.2, -0.15) is 0 Å². The molecule has 1 aromatic carbocycles. The van der Waals surface area contributed by atoms with Gasteiger partial charge in [-0.25, -0.2) is 9.97 Å². The number of benzene rings is 1. The first kappa shape index (κ1) is 23.0. The van der Waals surface area contributed by atoms with E-state index in [9.17, 15) is 9.59 Å². The van der Waals surface area contributed by atoms with Crippen molar-refractivity contribution in [2.75, 3.05) is 37.6 Å². The van der Waals surface area contributed by atoms with Crippen LogP contribution in [0.15, 0.2) is 42.4 Å². The molecule has 2 aliphatic rings. The highest BCUT2D eigenvalue weighted by molar-refractivity contribution is 6.35. The first-order chi connectivity index (χ1) is 16.0. The van der Waals surface area contributed by atoms with Gasteiger partial charge in [-0.15, -0.1) is 0 Å². The van der Waals surface area contributed by atoms with Gasteiger partial charge in [0.25, 0.3) is 11.8 Å². The van der Waals surface area contributed by atoms with E-state index >= 15 is 0 Å². The Hall–Kier alpha value is -3.22. The molecular weight excluding hydrogens is 414 g/mol. The number of piperazine rings is 1. The fraction of sp³-hybridized carbons (Fsp3) is 0.462. The number of hydrogen-bond donors (Lipinski definition) is 0. The third-order valence-corrected chi connectivity index (χ3v) is 6.61. The standard InChI is InChI=1S/C26H33N5O2/c1-4-5-6-7-13-31-24(32)22(21-10-9-19(2)20(3)18-21)23(25(31)33)29-14-16-30(17-15-29)26-27-11-8-12-28-26/h8-12,18H,4-7,13-17H2,1-3H3. The van der Waals surface area contributed by atoms with E-state index in [1.54, 1.807) is 18.5 Å². The van der Waals surface area contributed by atoms with Crippen molar-refractivity contribution in [1.29, 1.82) is 0 Å². The molecule has 7 heteroatoms. The summed E-state index contributed by atoms with van der Waals surface area (Å²) in [5, 5.41) is 0. The van der Waals surface area contributed by atoms with Crippen LogP contribution < -0.4 is 4.90 Å². The lowest BCUT2D eigenvalue weighted by molar-refractivity contribution is -0.137. The van der Waals surface area contributed by atoms with Crippen molar-refractivity contribution in [3.63, 3.8) is 0 Å². The molecule has 0 unspecified atom stereocenters. The number of aromatic nitrogens is 2. The molecule has 0 radical (unpaired) electrons. The number of anilines is 1. The van der Waals surface area contributed by atoms with Crippen molar-refractivity contribution in [2.24, 2.45) is 0 Å². The summed E-state index contributed by atoms with van der Waals surface area (Å²) in [6, 6.07) is 7.84. The number of amides is 2. The summed E-state index contributed by atoms with van der Waals surface area (Å²) < 4.78 is 0. The molecule has 4 rings (SSSR count). The number of unbranched alkanes of at least 4 members (excludes halogenated alkanes) is 3. The van der Waals surface area contributed by atoms with Crippen LogP contribution in [0.1, 0.15) is 49.3 Å². The number of imide groups is 1. The normalized spacial score (nSPS) is 16.9. The van der Waals surface area contributed by atoms with Gasteiger partial charge in [-0.1, -0.05) is 44.4 Å². The van der Waals surface area contributed by atoms with E-state index in [0.29, 0.717) is 49.9 Å². The zero-order chi connectivity index (χ0) is 23.4. The van der Waals surface area contributed by atoms with Crippen LogP contribution in [0.5, 0.6) is 0 Å². The van der Waals surface area contributed by atoms with Gasteiger partial charge in [0, 0.05) is 45.1 Å². The number of rotatable bonds is 8. The van der Waals surface area contributed by atoms with Gasteiger partial charge in [-0.05, 0) is 43.0 Å². The lowest BCUT2D eigenvalue weighted by Gasteiger charge is -2.36. The van der Waals surface area contributed by atoms with Crippen LogP contribution in [0.25, 0.3) is 5.57 Å². The van der Waals surface area contributed by atoms with Crippen molar-refractivity contribution < 1.29 is 9.59 Å². The predicted octanol–water partition coefficient (Wildman–Crippen LogP) is 3.58. The Labute approximate surface area is 196 Å². The van der Waals surface area contributed by atoms with Crippen LogP contribution in [0.2, 0.25) is 0 Å². The van der Waals surface area contributed by atoms with Gasteiger partial charge in [0.2, 0.25) is 5.95 Å². The molecule has 2 aromatic rings. The van der Waals surface area contributed by atoms with E-state index in [2.05, 4.69) is 33.6 Å². The van der Waals surface area contributed by atoms with Crippen LogP contribution in [0.3, 0.4) is 0 Å². The second-order valence-electron chi connectivity index (χ2n) is 8.87. The van der Waals surface area contributed by atoms with Gasteiger partial charge < -0.3 is 9.80 Å². The average Bonchev–Trinajstić information content (AvgIpc) is 3.09. The third kappa shape index (κ3) is 4.77. The lowest BCUT2D eigenvalue weighted by atomic mass is 9.99. The Morgan fingerprint density at radius 2 is 1.55 bits per heavy atom. The second kappa shape index (κ2) is 10.1. The van der Waals surface area contributed by atoms with Crippen molar-refractivity contribution in [2.45, 2.75) is 46.5 Å². The van der Waals surface area contributed by atoms with Gasteiger partial charge in [0.1, 0.15) is 5.70 Å². The molecule has 0 aliphatic carbocycles. The van der Waals surface area contributed by atoms with Crippen molar-refractivity contribution in [3.8, 4) is 0 Å². The van der Waals surface area contributed by atoms with Crippen LogP contribution >= 0.6 is 0 Å². The fourth-order valence-corrected chi connectivity index (χ4v) is 4.50. The molecular formula is C26H33N5O2. The largest absolute Gasteiger partial charge is 0.363 e. The van der Waals surface area contributed by atoms with Crippen LogP contribution in [0.4, 0.5) is 5.95 Å². The van der Waals surface area contributed by atoms with E-state index in [4.69, 9.17) is 0 Å². The van der Waals surface area contributed by atoms with E-state index < -0.39 is 0 Å². The summed E-state index contributed by atoms with van der Waals surface area (Å²) in [5.74, 6) is 0.379. The Morgan fingerprint density at radius 3 is 2.21 bits per heavy atom. The monoisotopic (exact) mass is 447 g/mol. The zero-order valence-electron chi connectivity index (χ0n) is 19.9. The third-order valence-electron chi connectivity index (χ3n) is 6.61. The molecule has 2 aliphatic heterocycles. The smallest absolute Gasteiger partial charge is 0.277 e. The summed E-state index contributed by atoms with van der Waals surface area (Å²) in [5.41, 5.74) is 4.21. The fourth-order valence-electron chi connectivity index (χ4n) is 4.50. The maximum atomic E-state index is 13.5. The highest BCUT2D eigenvalue weighted by Gasteiger charge is 2.42. The van der Waals surface area contributed by atoms with Gasteiger partial charge in [0.15, 0.2) is 0 Å². The average molecular weight is 448 g/mol. The van der Waals surface area contributed by atoms with Crippen LogP contribution in [0, 0.1) is 13.8 Å². The number of aryl methyl sites for hydroxylation is 2. The molecule has 1 aromatic heterocycles. The zero-order valence-corrected chi connectivity index (χ0v) is 19.9. The summed E-state index contributed by atoms with van der Waals surface area (Å²) in [4.78, 5) is 41.4. The topological polar surface area (TPSA) is 69.6 Å². The second-order valence-corrected chi connectivity index (χ2v) is 8.87. The maximum Gasteiger partial charge on any atom is 0.277 e. The van der Waals surface area contributed by atoms with Crippen LogP contribution in [-0.2, 0) is 9.59 Å². The summed E-state index contributed by atoms with van der Waals surface area (Å²) in [6.45, 7) is 9.42. The molecule has 0 N–H and O–H groups in total. The Balaban J connectivity index is 1.60. The van der Waals surface area contributed by atoms with Crippen molar-refractivity contribution >= 4 is 23.3 Å². The molecule has 0 spiro atoms. The maximum absolute atomic E-state index is 13.5. The van der Waals surface area contributed by atoms with E-state index in [-0.39, 0.29) is 11.8 Å². The van der Waals surface area contributed by atoms with E-state index in [1.807, 2.05) is 25.1 Å². The molecule has 1 fully saturated rings.